The maximum Gasteiger partial charge on any atom is 0.0485 e. The van der Waals surface area contributed by atoms with Gasteiger partial charge in [-0.25, -0.2) is 0 Å². The summed E-state index contributed by atoms with van der Waals surface area (Å²) in [5.74, 6) is 0. The van der Waals surface area contributed by atoms with Crippen LogP contribution in [0.15, 0.2) is 29.8 Å². The molecule has 1 heterocycles. The molecule has 1 N–H and O–H groups in total. The number of aromatic nitrogens is 1. The van der Waals surface area contributed by atoms with Crippen LogP contribution >= 0.6 is 0 Å². The van der Waals surface area contributed by atoms with Crippen molar-refractivity contribution >= 4 is 17.0 Å². The Balaban J connectivity index is 2.38. The minimum atomic E-state index is 0.423. The zero-order valence-electron chi connectivity index (χ0n) is 13.3. The van der Waals surface area contributed by atoms with Gasteiger partial charge in [-0.1, -0.05) is 30.7 Å². The molecule has 2 heteroatoms. The zero-order chi connectivity index (χ0) is 14.7. The van der Waals surface area contributed by atoms with Crippen molar-refractivity contribution in [2.75, 3.05) is 6.54 Å². The Labute approximate surface area is 122 Å². The number of hydrogen-bond donors (Lipinski definition) is 1. The predicted molar refractivity (Wildman–Crippen MR) is 89.1 cm³/mol. The van der Waals surface area contributed by atoms with Crippen LogP contribution in [0.25, 0.3) is 17.0 Å². The van der Waals surface area contributed by atoms with Gasteiger partial charge in [0.1, 0.15) is 0 Å². The van der Waals surface area contributed by atoms with Crippen molar-refractivity contribution in [1.29, 1.82) is 0 Å². The third kappa shape index (κ3) is 2.80. The molecular formula is C18H26N2. The monoisotopic (exact) mass is 270 g/mol. The SMILES string of the molecule is CCCNC(C)/C(C)=C/c1c(C)c2ccccc2n1C. The van der Waals surface area contributed by atoms with Gasteiger partial charge in [0.2, 0.25) is 0 Å². The van der Waals surface area contributed by atoms with Gasteiger partial charge in [0.15, 0.2) is 0 Å². The van der Waals surface area contributed by atoms with E-state index in [1.54, 1.807) is 0 Å². The molecule has 1 aromatic carbocycles. The molecule has 1 atom stereocenters. The summed E-state index contributed by atoms with van der Waals surface area (Å²) < 4.78 is 2.29. The summed E-state index contributed by atoms with van der Waals surface area (Å²) in [6, 6.07) is 9.03. The molecule has 0 aliphatic carbocycles. The van der Waals surface area contributed by atoms with E-state index in [1.807, 2.05) is 0 Å². The molecule has 108 valence electrons. The highest BCUT2D eigenvalue weighted by Gasteiger charge is 2.10. The number of benzene rings is 1. The predicted octanol–water partition coefficient (Wildman–Crippen LogP) is 4.28. The molecule has 1 unspecified atom stereocenters. The van der Waals surface area contributed by atoms with Crippen LogP contribution in [0.3, 0.4) is 0 Å². The van der Waals surface area contributed by atoms with E-state index in [9.17, 15) is 0 Å². The molecule has 0 spiro atoms. The summed E-state index contributed by atoms with van der Waals surface area (Å²) >= 11 is 0. The van der Waals surface area contributed by atoms with Crippen LogP contribution in [0.1, 0.15) is 38.4 Å². The Morgan fingerprint density at radius 2 is 2.05 bits per heavy atom. The van der Waals surface area contributed by atoms with E-state index in [0.29, 0.717) is 6.04 Å². The van der Waals surface area contributed by atoms with E-state index < -0.39 is 0 Å². The summed E-state index contributed by atoms with van der Waals surface area (Å²) in [7, 11) is 2.15. The van der Waals surface area contributed by atoms with E-state index in [1.165, 1.54) is 34.2 Å². The number of nitrogens with zero attached hydrogens (tertiary/aromatic N) is 1. The third-order valence-electron chi connectivity index (χ3n) is 4.16. The minimum Gasteiger partial charge on any atom is -0.344 e. The van der Waals surface area contributed by atoms with Crippen molar-refractivity contribution in [1.82, 2.24) is 9.88 Å². The van der Waals surface area contributed by atoms with Gasteiger partial charge in [0.05, 0.1) is 0 Å². The highest BCUT2D eigenvalue weighted by atomic mass is 14.9. The molecule has 0 saturated heterocycles. The zero-order valence-corrected chi connectivity index (χ0v) is 13.3. The van der Waals surface area contributed by atoms with Gasteiger partial charge >= 0.3 is 0 Å². The first-order valence-corrected chi connectivity index (χ1v) is 7.51. The smallest absolute Gasteiger partial charge is 0.0485 e. The van der Waals surface area contributed by atoms with Gasteiger partial charge in [-0.2, -0.15) is 0 Å². The quantitative estimate of drug-likeness (QED) is 0.858. The van der Waals surface area contributed by atoms with Crippen molar-refractivity contribution in [3.8, 4) is 0 Å². The van der Waals surface area contributed by atoms with Crippen LogP contribution in [-0.2, 0) is 7.05 Å². The summed E-state index contributed by atoms with van der Waals surface area (Å²) in [5, 5.41) is 4.90. The minimum absolute atomic E-state index is 0.423. The molecule has 2 rings (SSSR count). The number of aryl methyl sites for hydroxylation is 2. The first kappa shape index (κ1) is 14.9. The maximum absolute atomic E-state index is 3.55. The van der Waals surface area contributed by atoms with Crippen LogP contribution < -0.4 is 5.32 Å². The number of rotatable bonds is 5. The summed E-state index contributed by atoms with van der Waals surface area (Å²) in [5.41, 5.74) is 5.37. The molecule has 20 heavy (non-hydrogen) atoms. The van der Waals surface area contributed by atoms with E-state index in [0.717, 1.165) is 6.54 Å². The Kier molecular flexibility index (Phi) is 4.66. The highest BCUT2D eigenvalue weighted by Crippen LogP contribution is 2.26. The van der Waals surface area contributed by atoms with Gasteiger partial charge in [-0.05, 0) is 51.4 Å². The normalized spacial score (nSPS) is 13.9. The molecule has 0 fully saturated rings. The van der Waals surface area contributed by atoms with Gasteiger partial charge in [0, 0.05) is 29.7 Å². The highest BCUT2D eigenvalue weighted by molar-refractivity contribution is 5.88. The fourth-order valence-corrected chi connectivity index (χ4v) is 2.67. The maximum atomic E-state index is 3.55. The molecular weight excluding hydrogens is 244 g/mol. The lowest BCUT2D eigenvalue weighted by atomic mass is 10.1. The second-order valence-electron chi connectivity index (χ2n) is 5.65. The fourth-order valence-electron chi connectivity index (χ4n) is 2.67. The van der Waals surface area contributed by atoms with Crippen molar-refractivity contribution in [2.24, 2.45) is 7.05 Å². The van der Waals surface area contributed by atoms with Gasteiger partial charge in [-0.15, -0.1) is 0 Å². The molecule has 0 amide bonds. The molecule has 0 radical (unpaired) electrons. The Hall–Kier alpha value is -1.54. The van der Waals surface area contributed by atoms with E-state index in [2.05, 4.69) is 75.0 Å². The lowest BCUT2D eigenvalue weighted by Crippen LogP contribution is -2.27. The molecule has 0 aliphatic rings. The summed E-state index contributed by atoms with van der Waals surface area (Å²) in [4.78, 5) is 0. The van der Waals surface area contributed by atoms with Crippen LogP contribution in [-0.4, -0.2) is 17.2 Å². The number of para-hydroxylation sites is 1. The number of fused-ring (bicyclic) bond motifs is 1. The summed E-state index contributed by atoms with van der Waals surface area (Å²) in [6.45, 7) is 9.93. The molecule has 2 aromatic rings. The molecule has 1 aromatic heterocycles. The second kappa shape index (κ2) is 6.27. The van der Waals surface area contributed by atoms with E-state index in [-0.39, 0.29) is 0 Å². The molecule has 0 aliphatic heterocycles. The van der Waals surface area contributed by atoms with Crippen molar-refractivity contribution in [3.05, 3.63) is 41.1 Å². The molecule has 0 saturated carbocycles. The van der Waals surface area contributed by atoms with E-state index >= 15 is 0 Å². The average Bonchev–Trinajstić information content (AvgIpc) is 2.70. The van der Waals surface area contributed by atoms with Crippen LogP contribution in [0, 0.1) is 6.92 Å². The molecule has 2 nitrogen and oxygen atoms in total. The van der Waals surface area contributed by atoms with Gasteiger partial charge in [-0.3, -0.25) is 0 Å². The summed E-state index contributed by atoms with van der Waals surface area (Å²) in [6.07, 6.45) is 3.49. The largest absolute Gasteiger partial charge is 0.344 e. The molecule has 0 bridgehead atoms. The van der Waals surface area contributed by atoms with Gasteiger partial charge < -0.3 is 9.88 Å². The standard InChI is InChI=1S/C18H26N2/c1-6-11-19-15(4)13(2)12-18-14(3)16-9-7-8-10-17(16)20(18)5/h7-10,12,15,19H,6,11H2,1-5H3/b13-12+. The second-order valence-corrected chi connectivity index (χ2v) is 5.65. The Morgan fingerprint density at radius 3 is 2.70 bits per heavy atom. The average molecular weight is 270 g/mol. The van der Waals surface area contributed by atoms with Crippen LogP contribution in [0.4, 0.5) is 0 Å². The van der Waals surface area contributed by atoms with Crippen LogP contribution in [0.5, 0.6) is 0 Å². The van der Waals surface area contributed by atoms with E-state index in [4.69, 9.17) is 0 Å². The van der Waals surface area contributed by atoms with Gasteiger partial charge in [0.25, 0.3) is 0 Å². The van der Waals surface area contributed by atoms with Crippen molar-refractivity contribution < 1.29 is 0 Å². The van der Waals surface area contributed by atoms with Crippen molar-refractivity contribution in [3.63, 3.8) is 0 Å². The number of nitrogens with one attached hydrogen (secondary N) is 1. The van der Waals surface area contributed by atoms with Crippen molar-refractivity contribution in [2.45, 2.75) is 40.2 Å². The lowest BCUT2D eigenvalue weighted by Gasteiger charge is -2.14. The Morgan fingerprint density at radius 1 is 1.35 bits per heavy atom. The first-order valence-electron chi connectivity index (χ1n) is 7.51. The topological polar surface area (TPSA) is 17.0 Å². The first-order chi connectivity index (χ1) is 9.56. The third-order valence-corrected chi connectivity index (χ3v) is 4.16. The Bertz CT molecular complexity index is 581. The number of hydrogen-bond acceptors (Lipinski definition) is 1. The lowest BCUT2D eigenvalue weighted by molar-refractivity contribution is 0.604. The van der Waals surface area contributed by atoms with Crippen LogP contribution in [0.2, 0.25) is 0 Å². The fraction of sp³-hybridized carbons (Fsp3) is 0.444.